The van der Waals surface area contributed by atoms with E-state index >= 15 is 0 Å². The molecular formula is C32H37F2N7O2. The summed E-state index contributed by atoms with van der Waals surface area (Å²) in [7, 11) is 2.09. The van der Waals surface area contributed by atoms with Gasteiger partial charge in [-0.3, -0.25) is 4.90 Å². The summed E-state index contributed by atoms with van der Waals surface area (Å²) in [4.78, 5) is 13.5. The van der Waals surface area contributed by atoms with Crippen LogP contribution in [0.2, 0.25) is 0 Å². The molecule has 1 aromatic carbocycles. The van der Waals surface area contributed by atoms with Gasteiger partial charge in [0.25, 0.3) is 5.92 Å². The molecule has 2 fully saturated rings. The Balaban J connectivity index is 1.31. The van der Waals surface area contributed by atoms with Gasteiger partial charge in [0.05, 0.1) is 17.5 Å². The van der Waals surface area contributed by atoms with Gasteiger partial charge in [0, 0.05) is 36.3 Å². The average Bonchev–Trinajstić information content (AvgIpc) is 3.71. The first-order chi connectivity index (χ1) is 20.7. The van der Waals surface area contributed by atoms with E-state index in [1.165, 1.54) is 0 Å². The Hall–Kier alpha value is -3.78. The summed E-state index contributed by atoms with van der Waals surface area (Å²) in [5.41, 5.74) is 10.2. The van der Waals surface area contributed by atoms with Crippen LogP contribution in [-0.4, -0.2) is 64.8 Å². The molecule has 2 aromatic heterocycles. The molecule has 7 rings (SSSR count). The van der Waals surface area contributed by atoms with Gasteiger partial charge < -0.3 is 19.9 Å². The number of aryl methyl sites for hydroxylation is 1. The van der Waals surface area contributed by atoms with Gasteiger partial charge in [0.15, 0.2) is 17.3 Å². The zero-order valence-electron chi connectivity index (χ0n) is 24.7. The lowest BCUT2D eigenvalue weighted by atomic mass is 9.68. The van der Waals surface area contributed by atoms with Crippen LogP contribution < -0.4 is 15.4 Å². The highest BCUT2D eigenvalue weighted by molar-refractivity contribution is 5.68. The van der Waals surface area contributed by atoms with E-state index in [0.717, 1.165) is 67.5 Å². The number of benzene rings is 1. The number of likely N-dealkylation sites (N-methyl/N-ethyl adjacent to an activating group) is 1. The van der Waals surface area contributed by atoms with Crippen LogP contribution >= 0.6 is 0 Å². The van der Waals surface area contributed by atoms with Gasteiger partial charge in [-0.2, -0.15) is 10.2 Å². The SMILES string of the molecule is C[C@H](Oc1cc(N2CCCC(F)(F)C2)nc(-c2noc3c2CCC[C@@]32CCc3ccc(N)c(C#N)c32)n1)[C@@H]1CCCN1C. The quantitative estimate of drug-likeness (QED) is 0.398. The predicted octanol–water partition coefficient (Wildman–Crippen LogP) is 5.25. The third-order valence-electron chi connectivity index (χ3n) is 10.0. The number of nitrogens with two attached hydrogens (primary N) is 1. The van der Waals surface area contributed by atoms with Crippen molar-refractivity contribution in [2.75, 3.05) is 37.3 Å². The van der Waals surface area contributed by atoms with E-state index in [1.807, 2.05) is 13.0 Å². The molecular weight excluding hydrogens is 552 g/mol. The molecule has 0 saturated carbocycles. The number of halogens is 2. The van der Waals surface area contributed by atoms with Crippen molar-refractivity contribution in [3.8, 4) is 23.5 Å². The second-order valence-electron chi connectivity index (χ2n) is 12.7. The van der Waals surface area contributed by atoms with Crippen molar-refractivity contribution in [2.24, 2.45) is 0 Å². The van der Waals surface area contributed by atoms with Gasteiger partial charge in [-0.25, -0.2) is 13.8 Å². The molecule has 2 aliphatic carbocycles. The van der Waals surface area contributed by atoms with E-state index in [2.05, 4.69) is 23.2 Å². The van der Waals surface area contributed by atoms with Gasteiger partial charge in [0.1, 0.15) is 18.0 Å². The lowest BCUT2D eigenvalue weighted by molar-refractivity contribution is -0.0119. The van der Waals surface area contributed by atoms with E-state index in [1.54, 1.807) is 17.0 Å². The number of anilines is 2. The van der Waals surface area contributed by atoms with Crippen molar-refractivity contribution in [2.45, 2.75) is 88.2 Å². The van der Waals surface area contributed by atoms with Crippen LogP contribution in [0.4, 0.5) is 20.3 Å². The fourth-order valence-corrected chi connectivity index (χ4v) is 7.96. The molecule has 0 amide bonds. The molecule has 9 nitrogen and oxygen atoms in total. The smallest absolute Gasteiger partial charge is 0.265 e. The molecule has 2 saturated heterocycles. The molecule has 1 spiro atoms. The fourth-order valence-electron chi connectivity index (χ4n) is 7.96. The number of hydrogen-bond acceptors (Lipinski definition) is 9. The number of piperidine rings is 1. The number of nitrogens with zero attached hydrogens (tertiary/aromatic N) is 6. The minimum Gasteiger partial charge on any atom is -0.473 e. The predicted molar refractivity (Wildman–Crippen MR) is 157 cm³/mol. The van der Waals surface area contributed by atoms with Gasteiger partial charge in [-0.05, 0) is 89.1 Å². The van der Waals surface area contributed by atoms with Crippen molar-refractivity contribution < 1.29 is 18.0 Å². The number of nitriles is 1. The third kappa shape index (κ3) is 4.71. The number of alkyl halides is 2. The summed E-state index contributed by atoms with van der Waals surface area (Å²) in [6.45, 7) is 3.11. The van der Waals surface area contributed by atoms with Crippen molar-refractivity contribution in [1.82, 2.24) is 20.0 Å². The molecule has 2 aliphatic heterocycles. The lowest BCUT2D eigenvalue weighted by Gasteiger charge is -2.34. The average molecular weight is 590 g/mol. The van der Waals surface area contributed by atoms with Crippen LogP contribution in [0.5, 0.6) is 5.88 Å². The molecule has 4 aliphatic rings. The van der Waals surface area contributed by atoms with Crippen LogP contribution in [0, 0.1) is 11.3 Å². The molecule has 11 heteroatoms. The molecule has 43 heavy (non-hydrogen) atoms. The molecule has 0 unspecified atom stereocenters. The van der Waals surface area contributed by atoms with Crippen molar-refractivity contribution in [1.29, 1.82) is 5.26 Å². The monoisotopic (exact) mass is 589 g/mol. The number of nitrogen functional groups attached to an aromatic ring is 1. The maximum absolute atomic E-state index is 14.5. The van der Waals surface area contributed by atoms with Crippen LogP contribution in [0.15, 0.2) is 22.7 Å². The van der Waals surface area contributed by atoms with Crippen molar-refractivity contribution in [3.05, 3.63) is 46.2 Å². The number of fused-ring (bicyclic) bond motifs is 4. The highest BCUT2D eigenvalue weighted by Crippen LogP contribution is 2.54. The van der Waals surface area contributed by atoms with Gasteiger partial charge in [0.2, 0.25) is 5.88 Å². The number of likely N-dealkylation sites (tertiary alicyclic amines) is 1. The van der Waals surface area contributed by atoms with Gasteiger partial charge >= 0.3 is 0 Å². The summed E-state index contributed by atoms with van der Waals surface area (Å²) in [5.74, 6) is -1.01. The van der Waals surface area contributed by atoms with E-state index in [9.17, 15) is 14.0 Å². The van der Waals surface area contributed by atoms with E-state index in [-0.39, 0.29) is 18.6 Å². The molecule has 226 valence electrons. The van der Waals surface area contributed by atoms with Crippen molar-refractivity contribution >= 4 is 11.5 Å². The Morgan fingerprint density at radius 1 is 1.14 bits per heavy atom. The summed E-state index contributed by atoms with van der Waals surface area (Å²) >= 11 is 0. The minimum absolute atomic E-state index is 0.134. The van der Waals surface area contributed by atoms with E-state index in [0.29, 0.717) is 53.9 Å². The van der Waals surface area contributed by atoms with Crippen LogP contribution in [0.1, 0.15) is 79.9 Å². The van der Waals surface area contributed by atoms with Crippen LogP contribution in [0.25, 0.3) is 11.5 Å². The van der Waals surface area contributed by atoms with Crippen LogP contribution in [0.3, 0.4) is 0 Å². The van der Waals surface area contributed by atoms with Crippen molar-refractivity contribution in [3.63, 3.8) is 0 Å². The topological polar surface area (TPSA) is 117 Å². The minimum atomic E-state index is -2.79. The molecule has 0 bridgehead atoms. The Morgan fingerprint density at radius 2 is 2.00 bits per heavy atom. The molecule has 3 aromatic rings. The largest absolute Gasteiger partial charge is 0.473 e. The highest BCUT2D eigenvalue weighted by Gasteiger charge is 2.49. The maximum atomic E-state index is 14.5. The Kier molecular flexibility index (Phi) is 6.80. The lowest BCUT2D eigenvalue weighted by Crippen LogP contribution is -2.43. The summed E-state index contributed by atoms with van der Waals surface area (Å²) in [5, 5.41) is 14.6. The fraction of sp³-hybridized carbons (Fsp3) is 0.562. The molecule has 2 N–H and O–H groups in total. The second kappa shape index (κ2) is 10.4. The Labute approximate surface area is 250 Å². The number of aromatic nitrogens is 3. The first-order valence-electron chi connectivity index (χ1n) is 15.4. The normalized spacial score (nSPS) is 25.4. The van der Waals surface area contributed by atoms with E-state index in [4.69, 9.17) is 25.0 Å². The molecule has 4 heterocycles. The summed E-state index contributed by atoms with van der Waals surface area (Å²) in [6.07, 6.45) is 6.24. The highest BCUT2D eigenvalue weighted by atomic mass is 19.3. The number of ether oxygens (including phenoxy) is 1. The standard InChI is InChI=1S/C32H37F2N7O2/c1-19(24-7-4-14-40(24)2)42-26-16-25(41-15-5-12-32(33,34)18-41)37-30(38-26)28-21-6-3-11-31(29(21)43-39-28)13-10-20-8-9-23(36)22(17-35)27(20)31/h8-9,16,19,24H,3-7,10-15,18,36H2,1-2H3/t19-,24-,31-/m0/s1. The zero-order chi connectivity index (χ0) is 29.9. The second-order valence-corrected chi connectivity index (χ2v) is 12.7. The van der Waals surface area contributed by atoms with Crippen LogP contribution in [-0.2, 0) is 18.3 Å². The summed E-state index contributed by atoms with van der Waals surface area (Å²) < 4.78 is 41.5. The Morgan fingerprint density at radius 3 is 2.77 bits per heavy atom. The number of hydrogen-bond donors (Lipinski definition) is 1. The number of rotatable bonds is 5. The first-order valence-corrected chi connectivity index (χ1v) is 15.4. The molecule has 3 atom stereocenters. The van der Waals surface area contributed by atoms with E-state index < -0.39 is 17.9 Å². The third-order valence-corrected chi connectivity index (χ3v) is 10.0. The molecule has 0 radical (unpaired) electrons. The van der Waals surface area contributed by atoms with Gasteiger partial charge in [-0.15, -0.1) is 0 Å². The first kappa shape index (κ1) is 28.0. The zero-order valence-corrected chi connectivity index (χ0v) is 24.7. The Bertz CT molecular complexity index is 1600. The maximum Gasteiger partial charge on any atom is 0.265 e. The van der Waals surface area contributed by atoms with Gasteiger partial charge in [-0.1, -0.05) is 11.2 Å². The summed E-state index contributed by atoms with van der Waals surface area (Å²) in [6, 6.07) is 8.08.